The van der Waals surface area contributed by atoms with Crippen molar-refractivity contribution in [2.75, 3.05) is 29.6 Å². The summed E-state index contributed by atoms with van der Waals surface area (Å²) < 4.78 is 44.2. The van der Waals surface area contributed by atoms with Crippen molar-refractivity contribution in [3.63, 3.8) is 0 Å². The molecule has 0 saturated heterocycles. The number of sulfone groups is 1. The SMILES string of the molecule is CS(=O)(=O)CCNc1cc(N)cc(S(N)(=O)=O)c1. The van der Waals surface area contributed by atoms with Gasteiger partial charge in [0.25, 0.3) is 0 Å². The van der Waals surface area contributed by atoms with Gasteiger partial charge in [0.15, 0.2) is 0 Å². The Kier molecular flexibility index (Phi) is 4.20. The van der Waals surface area contributed by atoms with Gasteiger partial charge in [-0.15, -0.1) is 0 Å². The number of hydrogen-bond acceptors (Lipinski definition) is 6. The van der Waals surface area contributed by atoms with E-state index < -0.39 is 19.9 Å². The summed E-state index contributed by atoms with van der Waals surface area (Å²) in [7, 11) is -6.92. The van der Waals surface area contributed by atoms with Crippen LogP contribution in [0.2, 0.25) is 0 Å². The minimum absolute atomic E-state index is 0.0630. The summed E-state index contributed by atoms with van der Waals surface area (Å²) in [4.78, 5) is -0.121. The van der Waals surface area contributed by atoms with E-state index in [4.69, 9.17) is 10.9 Å². The van der Waals surface area contributed by atoms with E-state index in [0.29, 0.717) is 5.69 Å². The lowest BCUT2D eigenvalue weighted by molar-refractivity contribution is 0.597. The van der Waals surface area contributed by atoms with Crippen LogP contribution in [0.3, 0.4) is 0 Å². The van der Waals surface area contributed by atoms with Crippen molar-refractivity contribution >= 4 is 31.2 Å². The van der Waals surface area contributed by atoms with E-state index in [1.54, 1.807) is 0 Å². The van der Waals surface area contributed by atoms with Crippen molar-refractivity contribution in [3.05, 3.63) is 18.2 Å². The van der Waals surface area contributed by atoms with Crippen LogP contribution >= 0.6 is 0 Å². The first-order valence-electron chi connectivity index (χ1n) is 4.93. The third kappa shape index (κ3) is 4.90. The number of hydrogen-bond donors (Lipinski definition) is 3. The molecule has 0 bridgehead atoms. The van der Waals surface area contributed by atoms with E-state index in [1.165, 1.54) is 18.2 Å². The largest absolute Gasteiger partial charge is 0.399 e. The highest BCUT2D eigenvalue weighted by molar-refractivity contribution is 7.90. The Labute approximate surface area is 106 Å². The van der Waals surface area contributed by atoms with Crippen LogP contribution < -0.4 is 16.2 Å². The maximum atomic E-state index is 11.2. The van der Waals surface area contributed by atoms with Crippen molar-refractivity contribution in [2.24, 2.45) is 5.14 Å². The maximum Gasteiger partial charge on any atom is 0.238 e. The molecule has 0 atom stereocenters. The molecular weight excluding hydrogens is 278 g/mol. The van der Waals surface area contributed by atoms with Crippen LogP contribution in [-0.2, 0) is 19.9 Å². The van der Waals surface area contributed by atoms with Crippen LogP contribution in [0.5, 0.6) is 0 Å². The number of nitrogen functional groups attached to an aromatic ring is 1. The summed E-state index contributed by atoms with van der Waals surface area (Å²) in [5, 5.41) is 7.76. The van der Waals surface area contributed by atoms with Gasteiger partial charge in [-0.25, -0.2) is 22.0 Å². The van der Waals surface area contributed by atoms with E-state index >= 15 is 0 Å². The Hall–Kier alpha value is -1.32. The fraction of sp³-hybridized carbons (Fsp3) is 0.333. The molecule has 0 aliphatic heterocycles. The Bertz CT molecular complexity index is 638. The fourth-order valence-electron chi connectivity index (χ4n) is 1.27. The molecule has 9 heteroatoms. The molecule has 102 valence electrons. The van der Waals surface area contributed by atoms with Crippen molar-refractivity contribution in [1.82, 2.24) is 0 Å². The molecule has 0 fully saturated rings. The van der Waals surface area contributed by atoms with Crippen molar-refractivity contribution in [3.8, 4) is 0 Å². The number of primary sulfonamides is 1. The van der Waals surface area contributed by atoms with Gasteiger partial charge in [-0.05, 0) is 18.2 Å². The molecule has 0 aliphatic carbocycles. The summed E-state index contributed by atoms with van der Waals surface area (Å²) >= 11 is 0. The third-order valence-electron chi connectivity index (χ3n) is 2.06. The van der Waals surface area contributed by atoms with E-state index in [-0.39, 0.29) is 22.9 Å². The highest BCUT2D eigenvalue weighted by atomic mass is 32.2. The first-order chi connectivity index (χ1) is 8.08. The summed E-state index contributed by atoms with van der Waals surface area (Å²) in [5.74, 6) is -0.0630. The number of anilines is 2. The van der Waals surface area contributed by atoms with Gasteiger partial charge >= 0.3 is 0 Å². The molecule has 0 amide bonds. The minimum Gasteiger partial charge on any atom is -0.399 e. The maximum absolute atomic E-state index is 11.2. The number of rotatable bonds is 5. The smallest absolute Gasteiger partial charge is 0.238 e. The Morgan fingerprint density at radius 1 is 1.17 bits per heavy atom. The van der Waals surface area contributed by atoms with E-state index in [1.807, 2.05) is 0 Å². The standard InChI is InChI=1S/C9H15N3O4S2/c1-17(13,14)3-2-12-8-4-7(10)5-9(6-8)18(11,15)16/h4-6,12H,2-3,10H2,1H3,(H2,11,15,16). The van der Waals surface area contributed by atoms with Gasteiger partial charge in [0.2, 0.25) is 10.0 Å². The molecule has 0 aliphatic rings. The molecule has 18 heavy (non-hydrogen) atoms. The zero-order valence-corrected chi connectivity index (χ0v) is 11.4. The van der Waals surface area contributed by atoms with Gasteiger partial charge in [-0.2, -0.15) is 0 Å². The van der Waals surface area contributed by atoms with Gasteiger partial charge in [0, 0.05) is 24.2 Å². The lowest BCUT2D eigenvalue weighted by atomic mass is 10.3. The molecule has 0 saturated carbocycles. The number of nitrogens with two attached hydrogens (primary N) is 2. The highest BCUT2D eigenvalue weighted by Crippen LogP contribution is 2.19. The average molecular weight is 293 g/mol. The molecule has 7 nitrogen and oxygen atoms in total. The summed E-state index contributed by atoms with van der Waals surface area (Å²) in [6, 6.07) is 4.03. The molecule has 1 aromatic carbocycles. The topological polar surface area (TPSA) is 132 Å². The molecule has 1 rings (SSSR count). The molecule has 0 unspecified atom stereocenters. The summed E-state index contributed by atoms with van der Waals surface area (Å²) in [6.45, 7) is 0.159. The zero-order chi connectivity index (χ0) is 14.0. The van der Waals surface area contributed by atoms with Gasteiger partial charge in [-0.3, -0.25) is 0 Å². The van der Waals surface area contributed by atoms with Crippen LogP contribution in [0.1, 0.15) is 0 Å². The van der Waals surface area contributed by atoms with Crippen molar-refractivity contribution in [1.29, 1.82) is 0 Å². The second-order valence-corrected chi connectivity index (χ2v) is 7.71. The van der Waals surface area contributed by atoms with E-state index in [0.717, 1.165) is 6.26 Å². The van der Waals surface area contributed by atoms with Crippen LogP contribution in [0, 0.1) is 0 Å². The highest BCUT2D eigenvalue weighted by Gasteiger charge is 2.10. The second-order valence-electron chi connectivity index (χ2n) is 3.89. The predicted octanol–water partition coefficient (Wildman–Crippen LogP) is -0.627. The number of nitrogens with one attached hydrogen (secondary N) is 1. The average Bonchev–Trinajstić information content (AvgIpc) is 2.13. The van der Waals surface area contributed by atoms with Crippen LogP contribution in [-0.4, -0.2) is 35.4 Å². The zero-order valence-electron chi connectivity index (χ0n) is 9.75. The monoisotopic (exact) mass is 293 g/mol. The molecule has 0 heterocycles. The molecule has 0 aromatic heterocycles. The van der Waals surface area contributed by atoms with E-state index in [9.17, 15) is 16.8 Å². The Balaban J connectivity index is 2.88. The third-order valence-corrected chi connectivity index (χ3v) is 3.90. The fourth-order valence-corrected chi connectivity index (χ4v) is 2.33. The minimum atomic E-state index is -3.84. The van der Waals surface area contributed by atoms with Crippen molar-refractivity contribution < 1.29 is 16.8 Å². The second kappa shape index (κ2) is 5.12. The molecular formula is C9H15N3O4S2. The van der Waals surface area contributed by atoms with Crippen LogP contribution in [0.4, 0.5) is 11.4 Å². The van der Waals surface area contributed by atoms with Gasteiger partial charge in [0.1, 0.15) is 9.84 Å². The first-order valence-corrected chi connectivity index (χ1v) is 8.53. The normalized spacial score (nSPS) is 12.3. The lowest BCUT2D eigenvalue weighted by Crippen LogP contribution is -2.16. The van der Waals surface area contributed by atoms with Crippen LogP contribution in [0.25, 0.3) is 0 Å². The summed E-state index contributed by atoms with van der Waals surface area (Å²) in [5.41, 5.74) is 6.17. The quantitative estimate of drug-likeness (QED) is 0.619. The molecule has 0 spiro atoms. The van der Waals surface area contributed by atoms with Gasteiger partial charge in [-0.1, -0.05) is 0 Å². The number of benzene rings is 1. The lowest BCUT2D eigenvalue weighted by Gasteiger charge is -2.08. The molecule has 0 radical (unpaired) electrons. The summed E-state index contributed by atoms with van der Waals surface area (Å²) in [6.07, 6.45) is 1.11. The Morgan fingerprint density at radius 3 is 2.28 bits per heavy atom. The Morgan fingerprint density at radius 2 is 1.78 bits per heavy atom. The predicted molar refractivity (Wildman–Crippen MR) is 70.4 cm³/mol. The molecule has 1 aromatic rings. The molecule has 5 N–H and O–H groups in total. The van der Waals surface area contributed by atoms with Gasteiger partial charge in [0.05, 0.1) is 10.6 Å². The van der Waals surface area contributed by atoms with Crippen molar-refractivity contribution in [2.45, 2.75) is 4.90 Å². The van der Waals surface area contributed by atoms with E-state index in [2.05, 4.69) is 5.32 Å². The number of sulfonamides is 1. The van der Waals surface area contributed by atoms with Gasteiger partial charge < -0.3 is 11.1 Å². The van der Waals surface area contributed by atoms with Crippen LogP contribution in [0.15, 0.2) is 23.1 Å². The first kappa shape index (κ1) is 14.7.